The molecule has 6 heteroatoms. The van der Waals surface area contributed by atoms with Crippen molar-refractivity contribution in [3.63, 3.8) is 0 Å². The van der Waals surface area contributed by atoms with Crippen LogP contribution >= 0.6 is 23.2 Å². The lowest BCUT2D eigenvalue weighted by molar-refractivity contribution is 0.462. The third kappa shape index (κ3) is 3.03. The Morgan fingerprint density at radius 3 is 2.56 bits per heavy atom. The Bertz CT molecular complexity index is 575. The number of rotatable bonds is 3. The van der Waals surface area contributed by atoms with Gasteiger partial charge >= 0.3 is 0 Å². The first-order chi connectivity index (χ1) is 8.58. The molecule has 0 atom stereocenters. The summed E-state index contributed by atoms with van der Waals surface area (Å²) in [4.78, 5) is 8.36. The van der Waals surface area contributed by atoms with Gasteiger partial charge in [0.1, 0.15) is 5.75 Å². The van der Waals surface area contributed by atoms with Gasteiger partial charge in [-0.2, -0.15) is 4.98 Å². The van der Waals surface area contributed by atoms with Gasteiger partial charge in [0.15, 0.2) is 0 Å². The molecule has 0 radical (unpaired) electrons. The molecule has 0 saturated carbocycles. The minimum absolute atomic E-state index is 0.439. The number of anilines is 1. The van der Waals surface area contributed by atoms with Crippen LogP contribution in [0.5, 0.6) is 11.6 Å². The number of hydrogen-bond acceptors (Lipinski definition) is 4. The third-order valence-corrected chi connectivity index (χ3v) is 2.91. The van der Waals surface area contributed by atoms with Crippen LogP contribution in [0.4, 0.5) is 5.95 Å². The smallest absolute Gasteiger partial charge is 0.225 e. The SMILES string of the molecule is CNc1nc(C)cc(Oc2ccc(Cl)c(Cl)c2)n1. The van der Waals surface area contributed by atoms with Crippen LogP contribution in [0, 0.1) is 6.92 Å². The van der Waals surface area contributed by atoms with Gasteiger partial charge < -0.3 is 10.1 Å². The van der Waals surface area contributed by atoms with Crippen molar-refractivity contribution in [1.82, 2.24) is 9.97 Å². The highest BCUT2D eigenvalue weighted by Gasteiger charge is 2.05. The number of benzene rings is 1. The van der Waals surface area contributed by atoms with Crippen LogP contribution in [0.1, 0.15) is 5.69 Å². The molecule has 2 rings (SSSR count). The molecule has 18 heavy (non-hydrogen) atoms. The van der Waals surface area contributed by atoms with E-state index >= 15 is 0 Å². The fraction of sp³-hybridized carbons (Fsp3) is 0.167. The number of halogens is 2. The van der Waals surface area contributed by atoms with Gasteiger partial charge in [-0.05, 0) is 19.1 Å². The van der Waals surface area contributed by atoms with Crippen molar-refractivity contribution in [3.05, 3.63) is 40.0 Å². The van der Waals surface area contributed by atoms with E-state index in [-0.39, 0.29) is 0 Å². The van der Waals surface area contributed by atoms with E-state index < -0.39 is 0 Å². The van der Waals surface area contributed by atoms with Gasteiger partial charge in [-0.3, -0.25) is 0 Å². The quantitative estimate of drug-likeness (QED) is 0.927. The zero-order valence-corrected chi connectivity index (χ0v) is 11.4. The summed E-state index contributed by atoms with van der Waals surface area (Å²) in [7, 11) is 1.75. The van der Waals surface area contributed by atoms with Gasteiger partial charge in [0.25, 0.3) is 0 Å². The highest BCUT2D eigenvalue weighted by Crippen LogP contribution is 2.29. The first-order valence-electron chi connectivity index (χ1n) is 5.25. The summed E-state index contributed by atoms with van der Waals surface area (Å²) in [6.45, 7) is 1.87. The largest absolute Gasteiger partial charge is 0.439 e. The van der Waals surface area contributed by atoms with Crippen LogP contribution in [0.2, 0.25) is 10.0 Å². The molecule has 4 nitrogen and oxygen atoms in total. The van der Waals surface area contributed by atoms with Crippen molar-refractivity contribution < 1.29 is 4.74 Å². The normalized spacial score (nSPS) is 10.2. The molecule has 0 fully saturated rings. The number of hydrogen-bond donors (Lipinski definition) is 1. The second-order valence-electron chi connectivity index (χ2n) is 3.60. The highest BCUT2D eigenvalue weighted by atomic mass is 35.5. The molecule has 1 aromatic heterocycles. The van der Waals surface area contributed by atoms with Crippen molar-refractivity contribution in [2.45, 2.75) is 6.92 Å². The van der Waals surface area contributed by atoms with Crippen LogP contribution < -0.4 is 10.1 Å². The molecule has 94 valence electrons. The van der Waals surface area contributed by atoms with Crippen molar-refractivity contribution in [1.29, 1.82) is 0 Å². The van der Waals surface area contributed by atoms with Crippen LogP contribution in [0.25, 0.3) is 0 Å². The Morgan fingerprint density at radius 1 is 1.11 bits per heavy atom. The summed E-state index contributed by atoms with van der Waals surface area (Å²) in [5.41, 5.74) is 0.810. The molecule has 1 heterocycles. The van der Waals surface area contributed by atoms with E-state index in [1.165, 1.54) is 0 Å². The van der Waals surface area contributed by atoms with E-state index in [1.54, 1.807) is 31.3 Å². The summed E-state index contributed by atoms with van der Waals surface area (Å²) in [5.74, 6) is 1.53. The molecule has 0 amide bonds. The number of aryl methyl sites for hydroxylation is 1. The maximum atomic E-state index is 5.91. The van der Waals surface area contributed by atoms with E-state index in [4.69, 9.17) is 27.9 Å². The Kier molecular flexibility index (Phi) is 3.89. The Balaban J connectivity index is 2.27. The number of aromatic nitrogens is 2. The Labute approximate surface area is 115 Å². The van der Waals surface area contributed by atoms with Crippen molar-refractivity contribution in [2.75, 3.05) is 12.4 Å². The van der Waals surface area contributed by atoms with Crippen molar-refractivity contribution in [2.24, 2.45) is 0 Å². The molecule has 2 aromatic rings. The lowest BCUT2D eigenvalue weighted by Crippen LogP contribution is -1.99. The van der Waals surface area contributed by atoms with E-state index in [0.717, 1.165) is 5.69 Å². The minimum Gasteiger partial charge on any atom is -0.439 e. The molecule has 0 spiro atoms. The fourth-order valence-electron chi connectivity index (χ4n) is 1.36. The summed E-state index contributed by atoms with van der Waals surface area (Å²) >= 11 is 11.7. The van der Waals surface area contributed by atoms with E-state index in [1.807, 2.05) is 6.92 Å². The maximum Gasteiger partial charge on any atom is 0.225 e. The fourth-order valence-corrected chi connectivity index (χ4v) is 1.65. The van der Waals surface area contributed by atoms with Gasteiger partial charge in [-0.15, -0.1) is 0 Å². The Morgan fingerprint density at radius 2 is 1.89 bits per heavy atom. The third-order valence-electron chi connectivity index (χ3n) is 2.17. The topological polar surface area (TPSA) is 47.0 Å². The van der Waals surface area contributed by atoms with Gasteiger partial charge in [0.2, 0.25) is 11.8 Å². The van der Waals surface area contributed by atoms with Gasteiger partial charge in [0.05, 0.1) is 10.0 Å². The molecular weight excluding hydrogens is 273 g/mol. The molecule has 0 unspecified atom stereocenters. The predicted octanol–water partition coefficient (Wildman–Crippen LogP) is 3.93. The lowest BCUT2D eigenvalue weighted by atomic mass is 10.3. The standard InChI is InChI=1S/C12H11Cl2N3O/c1-7-5-11(17-12(15-2)16-7)18-8-3-4-9(13)10(14)6-8/h3-6H,1-2H3,(H,15,16,17). The summed E-state index contributed by atoms with van der Waals surface area (Å²) in [6, 6.07) is 6.78. The molecule has 0 bridgehead atoms. The zero-order chi connectivity index (χ0) is 13.1. The van der Waals surface area contributed by atoms with Gasteiger partial charge in [0, 0.05) is 24.9 Å². The molecule has 0 aliphatic rings. The van der Waals surface area contributed by atoms with E-state index in [2.05, 4.69) is 15.3 Å². The minimum atomic E-state index is 0.439. The number of nitrogens with one attached hydrogen (secondary N) is 1. The van der Waals surface area contributed by atoms with Crippen LogP contribution in [0.3, 0.4) is 0 Å². The highest BCUT2D eigenvalue weighted by molar-refractivity contribution is 6.42. The van der Waals surface area contributed by atoms with Crippen molar-refractivity contribution >= 4 is 29.2 Å². The molecule has 0 aliphatic carbocycles. The molecule has 0 aliphatic heterocycles. The van der Waals surface area contributed by atoms with Gasteiger partial charge in [-0.1, -0.05) is 23.2 Å². The van der Waals surface area contributed by atoms with Crippen LogP contribution in [0.15, 0.2) is 24.3 Å². The first kappa shape index (κ1) is 12.9. The molecule has 1 aromatic carbocycles. The predicted molar refractivity (Wildman–Crippen MR) is 72.9 cm³/mol. The summed E-state index contributed by atoms with van der Waals surface area (Å²) in [6.07, 6.45) is 0. The maximum absolute atomic E-state index is 5.91. The van der Waals surface area contributed by atoms with Crippen LogP contribution in [-0.4, -0.2) is 17.0 Å². The monoisotopic (exact) mass is 283 g/mol. The average molecular weight is 284 g/mol. The second kappa shape index (κ2) is 5.42. The lowest BCUT2D eigenvalue weighted by Gasteiger charge is -2.08. The molecule has 1 N–H and O–H groups in total. The van der Waals surface area contributed by atoms with Crippen LogP contribution in [-0.2, 0) is 0 Å². The summed E-state index contributed by atoms with van der Waals surface area (Å²) < 4.78 is 5.60. The zero-order valence-electron chi connectivity index (χ0n) is 9.87. The Hall–Kier alpha value is -1.52. The van der Waals surface area contributed by atoms with E-state index in [9.17, 15) is 0 Å². The molecular formula is C12H11Cl2N3O. The average Bonchev–Trinajstić information content (AvgIpc) is 2.33. The number of ether oxygens (including phenoxy) is 1. The van der Waals surface area contributed by atoms with Gasteiger partial charge in [-0.25, -0.2) is 4.98 Å². The number of nitrogens with zero attached hydrogens (tertiary/aromatic N) is 2. The van der Waals surface area contributed by atoms with E-state index in [0.29, 0.717) is 27.6 Å². The summed E-state index contributed by atoms with van der Waals surface area (Å²) in [5, 5.41) is 3.79. The van der Waals surface area contributed by atoms with Crippen molar-refractivity contribution in [3.8, 4) is 11.6 Å². The molecule has 0 saturated heterocycles. The first-order valence-corrected chi connectivity index (χ1v) is 6.00. The second-order valence-corrected chi connectivity index (χ2v) is 4.41.